The molecular formula is C10H10N2O3. The van der Waals surface area contributed by atoms with E-state index in [1.807, 2.05) is 6.07 Å². The third-order valence-electron chi connectivity index (χ3n) is 1.50. The number of nitrogens with zero attached hydrogens (tertiary/aromatic N) is 2. The molecule has 1 unspecified atom stereocenters. The Kier molecular flexibility index (Phi) is 3.63. The largest absolute Gasteiger partial charge is 0.437 e. The number of aromatic nitrogens is 1. The Labute approximate surface area is 87.3 Å². The van der Waals surface area contributed by atoms with Gasteiger partial charge in [0.25, 0.3) is 0 Å². The molecule has 0 aliphatic heterocycles. The van der Waals surface area contributed by atoms with Crippen LogP contribution in [0.15, 0.2) is 18.3 Å². The van der Waals surface area contributed by atoms with Crippen LogP contribution in [-0.4, -0.2) is 17.2 Å². The minimum Gasteiger partial charge on any atom is -0.437 e. The Balaban J connectivity index is 2.72. The number of nitriles is 1. The number of carbonyl (C=O) groups excluding carboxylic acids is 1. The molecule has 1 aromatic rings. The van der Waals surface area contributed by atoms with E-state index in [-0.39, 0.29) is 5.88 Å². The van der Waals surface area contributed by atoms with Crippen LogP contribution in [0, 0.1) is 11.3 Å². The predicted molar refractivity (Wildman–Crippen MR) is 50.8 cm³/mol. The number of carbonyl (C=O) groups is 1. The van der Waals surface area contributed by atoms with Gasteiger partial charge in [0, 0.05) is 20.0 Å². The topological polar surface area (TPSA) is 72.2 Å². The van der Waals surface area contributed by atoms with Crippen molar-refractivity contribution in [1.82, 2.24) is 4.98 Å². The first kappa shape index (κ1) is 11.0. The summed E-state index contributed by atoms with van der Waals surface area (Å²) in [6.45, 7) is 2.83. The highest BCUT2D eigenvalue weighted by atomic mass is 16.7. The summed E-state index contributed by atoms with van der Waals surface area (Å²) in [7, 11) is 0. The summed E-state index contributed by atoms with van der Waals surface area (Å²) in [5, 5.41) is 8.74. The zero-order chi connectivity index (χ0) is 11.3. The van der Waals surface area contributed by atoms with Crippen LogP contribution >= 0.6 is 0 Å². The van der Waals surface area contributed by atoms with Crippen LogP contribution in [0.25, 0.3) is 0 Å². The summed E-state index contributed by atoms with van der Waals surface area (Å²) < 4.78 is 9.91. The van der Waals surface area contributed by atoms with Gasteiger partial charge in [0.2, 0.25) is 12.2 Å². The molecule has 0 saturated heterocycles. The molecule has 1 aromatic heterocycles. The van der Waals surface area contributed by atoms with Crippen molar-refractivity contribution in [3.63, 3.8) is 0 Å². The van der Waals surface area contributed by atoms with Gasteiger partial charge >= 0.3 is 5.97 Å². The SMILES string of the molecule is CC(=O)OC(C)Oc1ncccc1C#N. The summed E-state index contributed by atoms with van der Waals surface area (Å²) in [6, 6.07) is 5.13. The number of hydrogen-bond donors (Lipinski definition) is 0. The van der Waals surface area contributed by atoms with E-state index in [9.17, 15) is 4.79 Å². The Hall–Kier alpha value is -2.09. The second-order valence-electron chi connectivity index (χ2n) is 2.76. The lowest BCUT2D eigenvalue weighted by atomic mass is 10.3. The second-order valence-corrected chi connectivity index (χ2v) is 2.76. The van der Waals surface area contributed by atoms with Crippen LogP contribution in [-0.2, 0) is 9.53 Å². The molecule has 5 nitrogen and oxygen atoms in total. The standard InChI is InChI=1S/C10H10N2O3/c1-7(13)14-8(2)15-10-9(6-11)4-3-5-12-10/h3-5,8H,1-2H3. The molecule has 0 aromatic carbocycles. The quantitative estimate of drug-likeness (QED) is 0.549. The molecule has 0 aliphatic carbocycles. The lowest BCUT2D eigenvalue weighted by Crippen LogP contribution is -2.20. The maximum atomic E-state index is 10.6. The van der Waals surface area contributed by atoms with Crippen molar-refractivity contribution in [3.8, 4) is 11.9 Å². The fourth-order valence-electron chi connectivity index (χ4n) is 0.985. The fourth-order valence-corrected chi connectivity index (χ4v) is 0.985. The lowest BCUT2D eigenvalue weighted by Gasteiger charge is -2.13. The highest BCUT2D eigenvalue weighted by Gasteiger charge is 2.10. The first-order chi connectivity index (χ1) is 7.13. The van der Waals surface area contributed by atoms with Gasteiger partial charge in [-0.1, -0.05) is 0 Å². The molecule has 15 heavy (non-hydrogen) atoms. The van der Waals surface area contributed by atoms with E-state index in [0.29, 0.717) is 5.56 Å². The minimum atomic E-state index is -0.760. The zero-order valence-electron chi connectivity index (χ0n) is 8.43. The monoisotopic (exact) mass is 206 g/mol. The van der Waals surface area contributed by atoms with Gasteiger partial charge in [0.1, 0.15) is 11.6 Å². The number of ether oxygens (including phenoxy) is 2. The van der Waals surface area contributed by atoms with Crippen LogP contribution in [0.2, 0.25) is 0 Å². The zero-order valence-corrected chi connectivity index (χ0v) is 8.43. The molecule has 78 valence electrons. The van der Waals surface area contributed by atoms with Gasteiger partial charge in [-0.15, -0.1) is 0 Å². The van der Waals surface area contributed by atoms with E-state index in [2.05, 4.69) is 4.98 Å². The Morgan fingerprint density at radius 2 is 2.40 bits per heavy atom. The molecular weight excluding hydrogens is 196 g/mol. The van der Waals surface area contributed by atoms with E-state index in [4.69, 9.17) is 14.7 Å². The van der Waals surface area contributed by atoms with Gasteiger partial charge in [-0.2, -0.15) is 5.26 Å². The van der Waals surface area contributed by atoms with E-state index in [0.717, 1.165) is 0 Å². The molecule has 0 bridgehead atoms. The maximum Gasteiger partial charge on any atom is 0.305 e. The van der Waals surface area contributed by atoms with Crippen LogP contribution in [0.4, 0.5) is 0 Å². The van der Waals surface area contributed by atoms with E-state index < -0.39 is 12.3 Å². The molecule has 0 amide bonds. The third kappa shape index (κ3) is 3.27. The average Bonchev–Trinajstić information content (AvgIpc) is 2.17. The van der Waals surface area contributed by atoms with Crippen molar-refractivity contribution in [1.29, 1.82) is 5.26 Å². The molecule has 1 atom stereocenters. The Morgan fingerprint density at radius 3 is 3.00 bits per heavy atom. The average molecular weight is 206 g/mol. The van der Waals surface area contributed by atoms with Crippen LogP contribution in [0.3, 0.4) is 0 Å². The van der Waals surface area contributed by atoms with Crippen molar-refractivity contribution in [3.05, 3.63) is 23.9 Å². The van der Waals surface area contributed by atoms with Gasteiger partial charge in [0.15, 0.2) is 0 Å². The molecule has 0 N–H and O–H groups in total. The maximum absolute atomic E-state index is 10.6. The first-order valence-corrected chi connectivity index (χ1v) is 4.32. The molecule has 0 saturated carbocycles. The summed E-state index contributed by atoms with van der Waals surface area (Å²) >= 11 is 0. The summed E-state index contributed by atoms with van der Waals surface area (Å²) in [5.41, 5.74) is 0.302. The first-order valence-electron chi connectivity index (χ1n) is 4.32. The van der Waals surface area contributed by atoms with Gasteiger partial charge in [-0.05, 0) is 12.1 Å². The van der Waals surface area contributed by atoms with Crippen molar-refractivity contribution < 1.29 is 14.3 Å². The molecule has 0 aliphatic rings. The number of esters is 1. The lowest BCUT2D eigenvalue weighted by molar-refractivity contribution is -0.158. The normalized spacial score (nSPS) is 11.3. The van der Waals surface area contributed by atoms with E-state index in [1.54, 1.807) is 19.1 Å². The molecule has 1 heterocycles. The van der Waals surface area contributed by atoms with Crippen LogP contribution in [0.5, 0.6) is 5.88 Å². The fraction of sp³-hybridized carbons (Fsp3) is 0.300. The summed E-state index contributed by atoms with van der Waals surface area (Å²) in [6.07, 6.45) is 0.737. The highest BCUT2D eigenvalue weighted by Crippen LogP contribution is 2.14. The number of rotatable bonds is 3. The third-order valence-corrected chi connectivity index (χ3v) is 1.50. The van der Waals surface area contributed by atoms with Crippen molar-refractivity contribution in [2.45, 2.75) is 20.1 Å². The van der Waals surface area contributed by atoms with E-state index >= 15 is 0 Å². The number of pyridine rings is 1. The Bertz CT molecular complexity index is 398. The van der Waals surface area contributed by atoms with Crippen molar-refractivity contribution in [2.24, 2.45) is 0 Å². The van der Waals surface area contributed by atoms with Crippen LogP contribution in [0.1, 0.15) is 19.4 Å². The van der Waals surface area contributed by atoms with Gasteiger partial charge in [-0.3, -0.25) is 4.79 Å². The predicted octanol–water partition coefficient (Wildman–Crippen LogP) is 1.24. The summed E-state index contributed by atoms with van der Waals surface area (Å²) in [5.74, 6) is -0.286. The van der Waals surface area contributed by atoms with Gasteiger partial charge in [0.05, 0.1) is 0 Å². The second kappa shape index (κ2) is 4.96. The van der Waals surface area contributed by atoms with E-state index in [1.165, 1.54) is 13.1 Å². The minimum absolute atomic E-state index is 0.161. The Morgan fingerprint density at radius 1 is 1.67 bits per heavy atom. The smallest absolute Gasteiger partial charge is 0.305 e. The summed E-state index contributed by atoms with van der Waals surface area (Å²) in [4.78, 5) is 14.5. The van der Waals surface area contributed by atoms with Crippen LogP contribution < -0.4 is 4.74 Å². The van der Waals surface area contributed by atoms with Gasteiger partial charge in [-0.25, -0.2) is 4.98 Å². The van der Waals surface area contributed by atoms with Crippen molar-refractivity contribution in [2.75, 3.05) is 0 Å². The van der Waals surface area contributed by atoms with Gasteiger partial charge < -0.3 is 9.47 Å². The number of hydrogen-bond acceptors (Lipinski definition) is 5. The molecule has 1 rings (SSSR count). The molecule has 0 spiro atoms. The molecule has 0 fully saturated rings. The van der Waals surface area contributed by atoms with Crippen molar-refractivity contribution >= 4 is 5.97 Å². The highest BCUT2D eigenvalue weighted by molar-refractivity contribution is 5.66. The molecule has 0 radical (unpaired) electrons. The molecule has 5 heteroatoms.